The predicted molar refractivity (Wildman–Crippen MR) is 95.4 cm³/mol. The lowest BCUT2D eigenvalue weighted by Crippen LogP contribution is -2.48. The van der Waals surface area contributed by atoms with Gasteiger partial charge >= 0.3 is 0 Å². The Balaban J connectivity index is 1.76. The van der Waals surface area contributed by atoms with E-state index in [1.807, 2.05) is 17.0 Å². The van der Waals surface area contributed by atoms with Gasteiger partial charge in [0.05, 0.1) is 13.7 Å². The SMILES string of the molecule is COCCN(C(C)=O)C1CCN(CCc2ccc(OC)cc2)CC1. The fourth-order valence-corrected chi connectivity index (χ4v) is 3.32. The molecule has 0 radical (unpaired) electrons. The molecule has 1 amide bonds. The average Bonchev–Trinajstić information content (AvgIpc) is 2.61. The molecule has 1 aromatic carbocycles. The Morgan fingerprint density at radius 1 is 1.21 bits per heavy atom. The van der Waals surface area contributed by atoms with E-state index >= 15 is 0 Å². The summed E-state index contributed by atoms with van der Waals surface area (Å²) >= 11 is 0. The van der Waals surface area contributed by atoms with Gasteiger partial charge in [-0.3, -0.25) is 4.79 Å². The molecular formula is C19H30N2O3. The van der Waals surface area contributed by atoms with Crippen LogP contribution in [-0.2, 0) is 16.0 Å². The van der Waals surface area contributed by atoms with Crippen LogP contribution < -0.4 is 4.74 Å². The van der Waals surface area contributed by atoms with E-state index in [1.54, 1.807) is 21.1 Å². The Hall–Kier alpha value is -1.59. The number of piperidine rings is 1. The van der Waals surface area contributed by atoms with Crippen molar-refractivity contribution in [1.82, 2.24) is 9.80 Å². The van der Waals surface area contributed by atoms with Crippen LogP contribution in [0.2, 0.25) is 0 Å². The molecule has 0 aliphatic carbocycles. The predicted octanol–water partition coefficient (Wildman–Crippen LogP) is 2.20. The number of nitrogens with zero attached hydrogens (tertiary/aromatic N) is 2. The molecule has 0 spiro atoms. The number of carbonyl (C=O) groups excluding carboxylic acids is 1. The molecule has 1 saturated heterocycles. The number of hydrogen-bond acceptors (Lipinski definition) is 4. The minimum absolute atomic E-state index is 0.156. The van der Waals surface area contributed by atoms with Gasteiger partial charge in [-0.1, -0.05) is 12.1 Å². The van der Waals surface area contributed by atoms with Gasteiger partial charge in [0.15, 0.2) is 0 Å². The van der Waals surface area contributed by atoms with Crippen LogP contribution >= 0.6 is 0 Å². The number of rotatable bonds is 8. The number of hydrogen-bond donors (Lipinski definition) is 0. The Labute approximate surface area is 145 Å². The zero-order valence-electron chi connectivity index (χ0n) is 15.2. The first kappa shape index (κ1) is 18.7. The van der Waals surface area contributed by atoms with E-state index in [0.29, 0.717) is 19.2 Å². The second-order valence-electron chi connectivity index (χ2n) is 6.38. The van der Waals surface area contributed by atoms with Crippen molar-refractivity contribution in [2.24, 2.45) is 0 Å². The van der Waals surface area contributed by atoms with Crippen molar-refractivity contribution in [2.45, 2.75) is 32.2 Å². The van der Waals surface area contributed by atoms with Gasteiger partial charge in [-0.25, -0.2) is 0 Å². The van der Waals surface area contributed by atoms with E-state index in [-0.39, 0.29) is 5.91 Å². The molecule has 0 bridgehead atoms. The summed E-state index contributed by atoms with van der Waals surface area (Å²) in [6.45, 7) is 6.14. The number of amides is 1. The molecule has 5 heteroatoms. The maximum atomic E-state index is 11.8. The highest BCUT2D eigenvalue weighted by molar-refractivity contribution is 5.73. The first-order valence-electron chi connectivity index (χ1n) is 8.75. The molecule has 0 aromatic heterocycles. The highest BCUT2D eigenvalue weighted by Crippen LogP contribution is 2.18. The molecule has 0 atom stereocenters. The molecule has 1 aromatic rings. The monoisotopic (exact) mass is 334 g/mol. The summed E-state index contributed by atoms with van der Waals surface area (Å²) in [7, 11) is 3.37. The number of carbonyl (C=O) groups is 1. The number of methoxy groups -OCH3 is 2. The van der Waals surface area contributed by atoms with Crippen molar-refractivity contribution in [3.05, 3.63) is 29.8 Å². The first-order valence-corrected chi connectivity index (χ1v) is 8.75. The van der Waals surface area contributed by atoms with Crippen molar-refractivity contribution < 1.29 is 14.3 Å². The van der Waals surface area contributed by atoms with Crippen LogP contribution in [0.4, 0.5) is 0 Å². The summed E-state index contributed by atoms with van der Waals surface area (Å²) in [6, 6.07) is 8.65. The summed E-state index contributed by atoms with van der Waals surface area (Å²) in [5.41, 5.74) is 1.34. The largest absolute Gasteiger partial charge is 0.497 e. The lowest BCUT2D eigenvalue weighted by atomic mass is 10.0. The van der Waals surface area contributed by atoms with Gasteiger partial charge in [-0.05, 0) is 37.0 Å². The van der Waals surface area contributed by atoms with Crippen molar-refractivity contribution >= 4 is 5.91 Å². The van der Waals surface area contributed by atoms with Gasteiger partial charge in [0.25, 0.3) is 0 Å². The van der Waals surface area contributed by atoms with Gasteiger partial charge < -0.3 is 19.3 Å². The molecular weight excluding hydrogens is 304 g/mol. The summed E-state index contributed by atoms with van der Waals surface area (Å²) < 4.78 is 10.3. The first-order chi connectivity index (χ1) is 11.6. The van der Waals surface area contributed by atoms with Crippen molar-refractivity contribution in [2.75, 3.05) is 47.0 Å². The van der Waals surface area contributed by atoms with E-state index in [2.05, 4.69) is 17.0 Å². The van der Waals surface area contributed by atoms with Crippen LogP contribution in [0.5, 0.6) is 5.75 Å². The molecule has 134 valence electrons. The fourth-order valence-electron chi connectivity index (χ4n) is 3.32. The second kappa shape index (κ2) is 9.64. The highest BCUT2D eigenvalue weighted by atomic mass is 16.5. The summed E-state index contributed by atoms with van der Waals surface area (Å²) in [5.74, 6) is 1.06. The summed E-state index contributed by atoms with van der Waals surface area (Å²) in [5, 5.41) is 0. The third-order valence-electron chi connectivity index (χ3n) is 4.81. The van der Waals surface area contributed by atoms with Gasteiger partial charge in [0, 0.05) is 46.3 Å². The normalized spacial score (nSPS) is 16.1. The maximum absolute atomic E-state index is 11.8. The van der Waals surface area contributed by atoms with Gasteiger partial charge in [-0.15, -0.1) is 0 Å². The molecule has 0 saturated carbocycles. The van der Waals surface area contributed by atoms with Gasteiger partial charge in [0.2, 0.25) is 5.91 Å². The van der Waals surface area contributed by atoms with E-state index in [1.165, 1.54) is 5.56 Å². The van der Waals surface area contributed by atoms with Gasteiger partial charge in [-0.2, -0.15) is 0 Å². The van der Waals surface area contributed by atoms with Crippen LogP contribution in [0.15, 0.2) is 24.3 Å². The van der Waals surface area contributed by atoms with Crippen molar-refractivity contribution in [1.29, 1.82) is 0 Å². The lowest BCUT2D eigenvalue weighted by Gasteiger charge is -2.38. The highest BCUT2D eigenvalue weighted by Gasteiger charge is 2.25. The Kier molecular flexibility index (Phi) is 7.53. The molecule has 1 aliphatic heterocycles. The molecule has 5 nitrogen and oxygen atoms in total. The Morgan fingerprint density at radius 3 is 2.42 bits per heavy atom. The topological polar surface area (TPSA) is 42.0 Å². The number of likely N-dealkylation sites (tertiary alicyclic amines) is 1. The number of ether oxygens (including phenoxy) is 2. The minimum atomic E-state index is 0.156. The van der Waals surface area contributed by atoms with E-state index < -0.39 is 0 Å². The van der Waals surface area contributed by atoms with Crippen LogP contribution in [0.3, 0.4) is 0 Å². The average molecular weight is 334 g/mol. The third-order valence-corrected chi connectivity index (χ3v) is 4.81. The molecule has 24 heavy (non-hydrogen) atoms. The standard InChI is InChI=1S/C19H30N2O3/c1-16(22)21(14-15-23-2)18-9-12-20(13-10-18)11-8-17-4-6-19(24-3)7-5-17/h4-7,18H,8-15H2,1-3H3. The van der Waals surface area contributed by atoms with Crippen molar-refractivity contribution in [3.8, 4) is 5.75 Å². The fraction of sp³-hybridized carbons (Fsp3) is 0.632. The van der Waals surface area contributed by atoms with Gasteiger partial charge in [0.1, 0.15) is 5.75 Å². The maximum Gasteiger partial charge on any atom is 0.219 e. The second-order valence-corrected chi connectivity index (χ2v) is 6.38. The lowest BCUT2D eigenvalue weighted by molar-refractivity contribution is -0.132. The zero-order chi connectivity index (χ0) is 17.4. The zero-order valence-corrected chi connectivity index (χ0v) is 15.2. The Bertz CT molecular complexity index is 496. The molecule has 1 aliphatic rings. The van der Waals surface area contributed by atoms with E-state index in [0.717, 1.165) is 44.6 Å². The third kappa shape index (κ3) is 5.49. The van der Waals surface area contributed by atoms with Crippen LogP contribution in [-0.4, -0.2) is 68.8 Å². The summed E-state index contributed by atoms with van der Waals surface area (Å²) in [6.07, 6.45) is 3.15. The Morgan fingerprint density at radius 2 is 1.88 bits per heavy atom. The van der Waals surface area contributed by atoms with Crippen LogP contribution in [0.25, 0.3) is 0 Å². The molecule has 1 fully saturated rings. The molecule has 1 heterocycles. The van der Waals surface area contributed by atoms with Crippen LogP contribution in [0, 0.1) is 0 Å². The van der Waals surface area contributed by atoms with E-state index in [9.17, 15) is 4.79 Å². The molecule has 2 rings (SSSR count). The molecule has 0 N–H and O–H groups in total. The quantitative estimate of drug-likeness (QED) is 0.731. The number of benzene rings is 1. The molecule has 0 unspecified atom stereocenters. The minimum Gasteiger partial charge on any atom is -0.497 e. The summed E-state index contributed by atoms with van der Waals surface area (Å²) in [4.78, 5) is 16.3. The smallest absolute Gasteiger partial charge is 0.219 e. The van der Waals surface area contributed by atoms with Crippen LogP contribution in [0.1, 0.15) is 25.3 Å². The van der Waals surface area contributed by atoms with Crippen molar-refractivity contribution in [3.63, 3.8) is 0 Å². The van der Waals surface area contributed by atoms with E-state index in [4.69, 9.17) is 9.47 Å².